The maximum atomic E-state index is 10.4. The first-order valence-corrected chi connectivity index (χ1v) is 4.45. The number of carbonyl (C=O) groups excluding carboxylic acids is 1. The average molecular weight is 202 g/mol. The second-order valence-corrected chi connectivity index (χ2v) is 3.21. The first kappa shape index (κ1) is 10.9. The Bertz CT molecular complexity index is 210. The van der Waals surface area contributed by atoms with E-state index in [2.05, 4.69) is 10.1 Å². The minimum Gasteiger partial charge on any atom is -0.480 e. The van der Waals surface area contributed by atoms with E-state index in [-0.39, 0.29) is 12.6 Å². The molecule has 6 nitrogen and oxygen atoms in total. The highest BCUT2D eigenvalue weighted by molar-refractivity contribution is 5.69. The van der Waals surface area contributed by atoms with Crippen molar-refractivity contribution in [2.75, 3.05) is 32.8 Å². The molecule has 0 spiro atoms. The number of carboxylic acid groups (broad SMARTS) is 1. The molecule has 0 aliphatic carbocycles. The van der Waals surface area contributed by atoms with Gasteiger partial charge in [-0.2, -0.15) is 0 Å². The fraction of sp³-hybridized carbons (Fsp3) is 0.750. The summed E-state index contributed by atoms with van der Waals surface area (Å²) < 4.78 is 4.61. The summed E-state index contributed by atoms with van der Waals surface area (Å²) >= 11 is 0. The van der Waals surface area contributed by atoms with Crippen molar-refractivity contribution in [1.82, 2.24) is 10.2 Å². The molecule has 0 amide bonds. The van der Waals surface area contributed by atoms with Gasteiger partial charge in [0, 0.05) is 19.6 Å². The molecule has 2 N–H and O–H groups in total. The average Bonchev–Trinajstić information content (AvgIpc) is 2.14. The second-order valence-electron chi connectivity index (χ2n) is 3.21. The molecule has 80 valence electrons. The first-order chi connectivity index (χ1) is 6.72. The van der Waals surface area contributed by atoms with Crippen LogP contribution in [-0.2, 0) is 14.3 Å². The highest BCUT2D eigenvalue weighted by Crippen LogP contribution is 1.98. The van der Waals surface area contributed by atoms with E-state index in [1.54, 1.807) is 0 Å². The molecule has 6 heteroatoms. The summed E-state index contributed by atoms with van der Waals surface area (Å²) in [7, 11) is 0. The third-order valence-electron chi connectivity index (χ3n) is 2.06. The molecule has 0 radical (unpaired) electrons. The van der Waals surface area contributed by atoms with E-state index in [4.69, 9.17) is 5.11 Å². The topological polar surface area (TPSA) is 78.9 Å². The predicted molar refractivity (Wildman–Crippen MR) is 47.9 cm³/mol. The second kappa shape index (κ2) is 5.56. The van der Waals surface area contributed by atoms with Crippen LogP contribution in [0.2, 0.25) is 0 Å². The monoisotopic (exact) mass is 202 g/mol. The zero-order valence-electron chi connectivity index (χ0n) is 7.81. The van der Waals surface area contributed by atoms with Gasteiger partial charge in [-0.05, 0) is 0 Å². The summed E-state index contributed by atoms with van der Waals surface area (Å²) in [5, 5.41) is 11.7. The number of ether oxygens (including phenoxy) is 1. The van der Waals surface area contributed by atoms with Crippen LogP contribution < -0.4 is 5.32 Å². The lowest BCUT2D eigenvalue weighted by Crippen LogP contribution is -2.53. The molecule has 1 unspecified atom stereocenters. The van der Waals surface area contributed by atoms with Gasteiger partial charge in [-0.1, -0.05) is 0 Å². The Morgan fingerprint density at radius 1 is 1.71 bits per heavy atom. The Morgan fingerprint density at radius 3 is 3.14 bits per heavy atom. The van der Waals surface area contributed by atoms with Crippen LogP contribution in [0.15, 0.2) is 0 Å². The van der Waals surface area contributed by atoms with Crippen LogP contribution in [0, 0.1) is 0 Å². The molecule has 1 aliphatic rings. The molecule has 1 atom stereocenters. The highest BCUT2D eigenvalue weighted by atomic mass is 16.5. The van der Waals surface area contributed by atoms with Crippen molar-refractivity contribution >= 4 is 12.4 Å². The van der Waals surface area contributed by atoms with Crippen LogP contribution in [0.25, 0.3) is 0 Å². The molecule has 0 aromatic rings. The normalized spacial score (nSPS) is 23.0. The number of carbonyl (C=O) groups is 2. The summed E-state index contributed by atoms with van der Waals surface area (Å²) in [6.07, 6.45) is 0. The Labute approximate surface area is 81.8 Å². The fourth-order valence-electron chi connectivity index (χ4n) is 1.50. The number of hydrogen-bond donors (Lipinski definition) is 2. The molecule has 1 saturated heterocycles. The van der Waals surface area contributed by atoms with Crippen LogP contribution in [0.5, 0.6) is 0 Å². The summed E-state index contributed by atoms with van der Waals surface area (Å²) in [6.45, 7) is 2.76. The number of nitrogens with zero attached hydrogens (tertiary/aromatic N) is 1. The molecule has 0 aromatic heterocycles. The summed E-state index contributed by atoms with van der Waals surface area (Å²) in [5.74, 6) is -0.832. The largest absolute Gasteiger partial charge is 0.480 e. The van der Waals surface area contributed by atoms with Crippen molar-refractivity contribution in [3.05, 3.63) is 0 Å². The van der Waals surface area contributed by atoms with E-state index in [1.165, 1.54) is 0 Å². The SMILES string of the molecule is O=COCC1CN(CC(=O)O)CCN1. The van der Waals surface area contributed by atoms with Crippen molar-refractivity contribution in [3.8, 4) is 0 Å². The van der Waals surface area contributed by atoms with E-state index >= 15 is 0 Å². The summed E-state index contributed by atoms with van der Waals surface area (Å²) in [6, 6.07) is 0.0355. The van der Waals surface area contributed by atoms with E-state index in [0.29, 0.717) is 26.2 Å². The Kier molecular flexibility index (Phi) is 4.34. The van der Waals surface area contributed by atoms with Gasteiger partial charge in [0.15, 0.2) is 0 Å². The Balaban J connectivity index is 2.27. The Hall–Kier alpha value is -1.14. The lowest BCUT2D eigenvalue weighted by molar-refractivity contribution is -0.139. The van der Waals surface area contributed by atoms with Gasteiger partial charge >= 0.3 is 5.97 Å². The van der Waals surface area contributed by atoms with Crippen LogP contribution >= 0.6 is 0 Å². The number of piperazine rings is 1. The molecular formula is C8H14N2O4. The van der Waals surface area contributed by atoms with Crippen molar-refractivity contribution in [2.24, 2.45) is 0 Å². The molecule has 0 aromatic carbocycles. The maximum Gasteiger partial charge on any atom is 0.317 e. The molecule has 1 heterocycles. The number of nitrogens with one attached hydrogen (secondary N) is 1. The quantitative estimate of drug-likeness (QED) is 0.529. The molecule has 1 aliphatic heterocycles. The highest BCUT2D eigenvalue weighted by Gasteiger charge is 2.20. The number of rotatable bonds is 5. The molecule has 1 rings (SSSR count). The molecule has 14 heavy (non-hydrogen) atoms. The van der Waals surface area contributed by atoms with Gasteiger partial charge in [0.25, 0.3) is 6.47 Å². The van der Waals surface area contributed by atoms with Crippen LogP contribution in [0.3, 0.4) is 0 Å². The first-order valence-electron chi connectivity index (χ1n) is 4.45. The van der Waals surface area contributed by atoms with Gasteiger partial charge in [-0.25, -0.2) is 0 Å². The van der Waals surface area contributed by atoms with Crippen molar-refractivity contribution in [2.45, 2.75) is 6.04 Å². The lowest BCUT2D eigenvalue weighted by Gasteiger charge is -2.31. The number of carboxylic acids is 1. The van der Waals surface area contributed by atoms with E-state index in [9.17, 15) is 9.59 Å². The Morgan fingerprint density at radius 2 is 2.50 bits per heavy atom. The van der Waals surface area contributed by atoms with E-state index in [1.807, 2.05) is 4.90 Å². The van der Waals surface area contributed by atoms with E-state index in [0.717, 1.165) is 6.54 Å². The third kappa shape index (κ3) is 3.71. The fourth-order valence-corrected chi connectivity index (χ4v) is 1.50. The van der Waals surface area contributed by atoms with Crippen LogP contribution in [0.1, 0.15) is 0 Å². The standard InChI is InChI=1S/C8H14N2O4/c11-6-14-5-7-3-10(2-1-9-7)4-8(12)13/h6-7,9H,1-5H2,(H,12,13). The molecule has 0 bridgehead atoms. The molecular weight excluding hydrogens is 188 g/mol. The zero-order valence-corrected chi connectivity index (χ0v) is 7.81. The van der Waals surface area contributed by atoms with Crippen molar-refractivity contribution in [3.63, 3.8) is 0 Å². The number of hydrogen-bond acceptors (Lipinski definition) is 5. The van der Waals surface area contributed by atoms with E-state index < -0.39 is 5.97 Å². The van der Waals surface area contributed by atoms with Gasteiger partial charge in [-0.15, -0.1) is 0 Å². The predicted octanol–water partition coefficient (Wildman–Crippen LogP) is -1.48. The minimum absolute atomic E-state index is 0.0355. The smallest absolute Gasteiger partial charge is 0.317 e. The van der Waals surface area contributed by atoms with Gasteiger partial charge in [-0.3, -0.25) is 14.5 Å². The van der Waals surface area contributed by atoms with Crippen LogP contribution in [-0.4, -0.2) is 61.3 Å². The van der Waals surface area contributed by atoms with Gasteiger partial charge < -0.3 is 15.2 Å². The zero-order chi connectivity index (χ0) is 10.4. The number of aliphatic carboxylic acids is 1. The van der Waals surface area contributed by atoms with Crippen molar-refractivity contribution in [1.29, 1.82) is 0 Å². The summed E-state index contributed by atoms with van der Waals surface area (Å²) in [5.41, 5.74) is 0. The van der Waals surface area contributed by atoms with Gasteiger partial charge in [0.1, 0.15) is 6.61 Å². The molecule has 0 saturated carbocycles. The van der Waals surface area contributed by atoms with Gasteiger partial charge in [0.2, 0.25) is 0 Å². The molecule has 1 fully saturated rings. The third-order valence-corrected chi connectivity index (χ3v) is 2.06. The van der Waals surface area contributed by atoms with Crippen molar-refractivity contribution < 1.29 is 19.4 Å². The maximum absolute atomic E-state index is 10.4. The lowest BCUT2D eigenvalue weighted by atomic mass is 10.2. The minimum atomic E-state index is -0.832. The van der Waals surface area contributed by atoms with Crippen LogP contribution in [0.4, 0.5) is 0 Å². The van der Waals surface area contributed by atoms with Gasteiger partial charge in [0.05, 0.1) is 12.6 Å². The summed E-state index contributed by atoms with van der Waals surface area (Å²) in [4.78, 5) is 22.2.